The van der Waals surface area contributed by atoms with Crippen LogP contribution in [0.4, 0.5) is 4.79 Å². The Kier molecular flexibility index (Phi) is 3.13. The number of rotatable bonds is 1. The molecule has 2 aromatic carbocycles. The van der Waals surface area contributed by atoms with E-state index in [1.807, 2.05) is 19.1 Å². The van der Waals surface area contributed by atoms with Crippen LogP contribution in [0.25, 0.3) is 10.8 Å². The van der Waals surface area contributed by atoms with Crippen molar-refractivity contribution in [2.75, 3.05) is 6.54 Å². The molecule has 20 heavy (non-hydrogen) atoms. The molecule has 1 amide bonds. The van der Waals surface area contributed by atoms with Crippen molar-refractivity contribution in [3.8, 4) is 0 Å². The molecular formula is C17H19NO2. The van der Waals surface area contributed by atoms with Crippen LogP contribution in [0.2, 0.25) is 0 Å². The molecule has 1 N–H and O–H groups in total. The fourth-order valence-electron chi connectivity index (χ4n) is 3.25. The zero-order valence-corrected chi connectivity index (χ0v) is 11.7. The molecule has 0 spiro atoms. The number of amides is 1. The Balaban J connectivity index is 2.09. The lowest BCUT2D eigenvalue weighted by atomic mass is 9.81. The lowest BCUT2D eigenvalue weighted by molar-refractivity contribution is 0.0560. The first-order valence-electron chi connectivity index (χ1n) is 7.11. The minimum absolute atomic E-state index is 0.409. The molecule has 1 saturated heterocycles. The number of hydrogen-bond acceptors (Lipinski definition) is 1. The SMILES string of the molecule is CC1(c2ccc3ccccc3c2)CCCCN1C(=O)O. The molecule has 104 valence electrons. The minimum atomic E-state index is -0.819. The molecule has 1 unspecified atom stereocenters. The number of likely N-dealkylation sites (tertiary alicyclic amines) is 1. The highest BCUT2D eigenvalue weighted by molar-refractivity contribution is 5.83. The molecule has 0 aliphatic carbocycles. The van der Waals surface area contributed by atoms with Gasteiger partial charge < -0.3 is 5.11 Å². The highest BCUT2D eigenvalue weighted by Gasteiger charge is 2.39. The first-order valence-corrected chi connectivity index (χ1v) is 7.11. The van der Waals surface area contributed by atoms with Gasteiger partial charge in [-0.3, -0.25) is 4.90 Å². The maximum absolute atomic E-state index is 11.5. The van der Waals surface area contributed by atoms with E-state index in [2.05, 4.69) is 30.3 Å². The summed E-state index contributed by atoms with van der Waals surface area (Å²) in [5.74, 6) is 0. The Morgan fingerprint density at radius 2 is 1.90 bits per heavy atom. The summed E-state index contributed by atoms with van der Waals surface area (Å²) in [6.07, 6.45) is 2.10. The van der Waals surface area contributed by atoms with Crippen LogP contribution in [0.5, 0.6) is 0 Å². The molecule has 0 aromatic heterocycles. The third kappa shape index (κ3) is 2.03. The van der Waals surface area contributed by atoms with Crippen molar-refractivity contribution in [1.29, 1.82) is 0 Å². The third-order valence-electron chi connectivity index (χ3n) is 4.49. The summed E-state index contributed by atoms with van der Waals surface area (Å²) in [6, 6.07) is 14.5. The van der Waals surface area contributed by atoms with Crippen LogP contribution < -0.4 is 0 Å². The van der Waals surface area contributed by atoms with Gasteiger partial charge in [0.15, 0.2) is 0 Å². The van der Waals surface area contributed by atoms with Crippen LogP contribution in [0.3, 0.4) is 0 Å². The van der Waals surface area contributed by atoms with E-state index in [9.17, 15) is 9.90 Å². The topological polar surface area (TPSA) is 40.5 Å². The molecule has 1 heterocycles. The first-order chi connectivity index (χ1) is 9.61. The number of carbonyl (C=O) groups is 1. The number of fused-ring (bicyclic) bond motifs is 1. The molecule has 3 rings (SSSR count). The molecule has 0 saturated carbocycles. The van der Waals surface area contributed by atoms with E-state index in [1.165, 1.54) is 10.8 Å². The highest BCUT2D eigenvalue weighted by atomic mass is 16.4. The third-order valence-corrected chi connectivity index (χ3v) is 4.49. The standard InChI is InChI=1S/C17H19NO2/c1-17(10-4-5-11-18(17)16(19)20)15-9-8-13-6-2-3-7-14(13)12-15/h2-3,6-9,12H,4-5,10-11H2,1H3,(H,19,20). The maximum atomic E-state index is 11.5. The van der Waals surface area contributed by atoms with Gasteiger partial charge in [0, 0.05) is 6.54 Å². The molecular weight excluding hydrogens is 250 g/mol. The number of carboxylic acid groups (broad SMARTS) is 1. The van der Waals surface area contributed by atoms with Crippen LogP contribution in [-0.4, -0.2) is 22.6 Å². The van der Waals surface area contributed by atoms with Gasteiger partial charge in [0.2, 0.25) is 0 Å². The molecule has 1 aliphatic rings. The van der Waals surface area contributed by atoms with Crippen LogP contribution in [0, 0.1) is 0 Å². The second-order valence-corrected chi connectivity index (χ2v) is 5.73. The van der Waals surface area contributed by atoms with E-state index in [1.54, 1.807) is 4.90 Å². The quantitative estimate of drug-likeness (QED) is 0.842. The van der Waals surface area contributed by atoms with Gasteiger partial charge >= 0.3 is 6.09 Å². The largest absolute Gasteiger partial charge is 0.465 e. The molecule has 1 fully saturated rings. The zero-order chi connectivity index (χ0) is 14.2. The summed E-state index contributed by atoms with van der Waals surface area (Å²) in [5, 5.41) is 11.8. The molecule has 2 aromatic rings. The van der Waals surface area contributed by atoms with Crippen LogP contribution in [-0.2, 0) is 5.54 Å². The second kappa shape index (κ2) is 4.82. The van der Waals surface area contributed by atoms with E-state index in [-0.39, 0.29) is 0 Å². The Labute approximate surface area is 118 Å². The van der Waals surface area contributed by atoms with E-state index in [0.717, 1.165) is 24.8 Å². The van der Waals surface area contributed by atoms with Crippen molar-refractivity contribution in [1.82, 2.24) is 4.90 Å². The average molecular weight is 269 g/mol. The lowest BCUT2D eigenvalue weighted by Crippen LogP contribution is -2.49. The van der Waals surface area contributed by atoms with Crippen molar-refractivity contribution in [3.05, 3.63) is 48.0 Å². The predicted molar refractivity (Wildman–Crippen MR) is 79.9 cm³/mol. The molecule has 1 aliphatic heterocycles. The molecule has 3 nitrogen and oxygen atoms in total. The molecule has 3 heteroatoms. The van der Waals surface area contributed by atoms with Gasteiger partial charge in [0.25, 0.3) is 0 Å². The van der Waals surface area contributed by atoms with Crippen molar-refractivity contribution in [2.24, 2.45) is 0 Å². The maximum Gasteiger partial charge on any atom is 0.408 e. The Morgan fingerprint density at radius 3 is 2.65 bits per heavy atom. The first kappa shape index (κ1) is 13.0. The predicted octanol–water partition coefficient (Wildman–Crippen LogP) is 4.22. The van der Waals surface area contributed by atoms with E-state index < -0.39 is 11.6 Å². The van der Waals surface area contributed by atoms with Crippen LogP contribution in [0.15, 0.2) is 42.5 Å². The van der Waals surface area contributed by atoms with Crippen molar-refractivity contribution in [2.45, 2.75) is 31.7 Å². The number of benzene rings is 2. The van der Waals surface area contributed by atoms with Gasteiger partial charge in [-0.25, -0.2) is 4.79 Å². The summed E-state index contributed by atoms with van der Waals surface area (Å²) in [4.78, 5) is 13.1. The van der Waals surface area contributed by atoms with Gasteiger partial charge in [-0.05, 0) is 48.6 Å². The molecule has 0 radical (unpaired) electrons. The van der Waals surface area contributed by atoms with Crippen LogP contribution in [0.1, 0.15) is 31.7 Å². The van der Waals surface area contributed by atoms with E-state index in [0.29, 0.717) is 6.54 Å². The lowest BCUT2D eigenvalue weighted by Gasteiger charge is -2.43. The Morgan fingerprint density at radius 1 is 1.15 bits per heavy atom. The monoisotopic (exact) mass is 269 g/mol. The van der Waals surface area contributed by atoms with Gasteiger partial charge in [0.05, 0.1) is 5.54 Å². The summed E-state index contributed by atoms with van der Waals surface area (Å²) in [5.41, 5.74) is 0.687. The normalized spacial score (nSPS) is 22.9. The molecule has 1 atom stereocenters. The van der Waals surface area contributed by atoms with Crippen LogP contribution >= 0.6 is 0 Å². The minimum Gasteiger partial charge on any atom is -0.465 e. The zero-order valence-electron chi connectivity index (χ0n) is 11.7. The number of hydrogen-bond donors (Lipinski definition) is 1. The summed E-state index contributed by atoms with van der Waals surface area (Å²) < 4.78 is 0. The fraction of sp³-hybridized carbons (Fsp3) is 0.353. The average Bonchev–Trinajstić information content (AvgIpc) is 2.47. The van der Waals surface area contributed by atoms with Gasteiger partial charge in [0.1, 0.15) is 0 Å². The molecule has 0 bridgehead atoms. The van der Waals surface area contributed by atoms with Crippen molar-refractivity contribution >= 4 is 16.9 Å². The fourth-order valence-corrected chi connectivity index (χ4v) is 3.25. The second-order valence-electron chi connectivity index (χ2n) is 5.73. The van der Waals surface area contributed by atoms with E-state index in [4.69, 9.17) is 0 Å². The van der Waals surface area contributed by atoms with Gasteiger partial charge in [-0.15, -0.1) is 0 Å². The van der Waals surface area contributed by atoms with E-state index >= 15 is 0 Å². The van der Waals surface area contributed by atoms with Crippen molar-refractivity contribution in [3.63, 3.8) is 0 Å². The van der Waals surface area contributed by atoms with Gasteiger partial charge in [-0.2, -0.15) is 0 Å². The Hall–Kier alpha value is -2.03. The summed E-state index contributed by atoms with van der Waals surface area (Å²) in [6.45, 7) is 2.67. The smallest absolute Gasteiger partial charge is 0.408 e. The van der Waals surface area contributed by atoms with Crippen molar-refractivity contribution < 1.29 is 9.90 Å². The summed E-state index contributed by atoms with van der Waals surface area (Å²) >= 11 is 0. The summed E-state index contributed by atoms with van der Waals surface area (Å²) in [7, 11) is 0. The highest BCUT2D eigenvalue weighted by Crippen LogP contribution is 2.38. The van der Waals surface area contributed by atoms with Gasteiger partial charge in [-0.1, -0.05) is 36.4 Å². The Bertz CT molecular complexity index is 652. The number of piperidine rings is 1. The number of nitrogens with zero attached hydrogens (tertiary/aromatic N) is 1.